The van der Waals surface area contributed by atoms with Gasteiger partial charge in [-0.05, 0) is 39.8 Å². The Morgan fingerprint density at radius 3 is 2.55 bits per heavy atom. The van der Waals surface area contributed by atoms with Crippen LogP contribution in [0.5, 0.6) is 0 Å². The molecule has 0 saturated carbocycles. The predicted octanol–water partition coefficient (Wildman–Crippen LogP) is 1.13. The number of aryl methyl sites for hydroxylation is 1. The molecule has 1 fully saturated rings. The largest absolute Gasteiger partial charge is 0.341 e. The van der Waals surface area contributed by atoms with Gasteiger partial charge in [-0.15, -0.1) is 0 Å². The first-order valence-corrected chi connectivity index (χ1v) is 11.3. The molecule has 1 aliphatic heterocycles. The molecule has 0 aliphatic carbocycles. The van der Waals surface area contributed by atoms with Crippen LogP contribution < -0.4 is 21.9 Å². The molecule has 3 rings (SSSR count). The molecule has 1 unspecified atom stereocenters. The second-order valence-corrected chi connectivity index (χ2v) is 8.65. The van der Waals surface area contributed by atoms with Gasteiger partial charge in [-0.3, -0.25) is 13.9 Å². The Morgan fingerprint density at radius 1 is 1.23 bits per heavy atom. The molecule has 9 heteroatoms. The van der Waals surface area contributed by atoms with Crippen LogP contribution in [0.3, 0.4) is 0 Å². The van der Waals surface area contributed by atoms with Crippen LogP contribution in [-0.4, -0.2) is 62.4 Å². The van der Waals surface area contributed by atoms with Crippen LogP contribution in [0.4, 0.5) is 5.95 Å². The summed E-state index contributed by atoms with van der Waals surface area (Å²) >= 11 is 0. The van der Waals surface area contributed by atoms with Crippen molar-refractivity contribution in [3.63, 3.8) is 0 Å². The molecular weight excluding hydrogens is 394 g/mol. The summed E-state index contributed by atoms with van der Waals surface area (Å²) in [6, 6.07) is 0.0833. The maximum atomic E-state index is 13.5. The van der Waals surface area contributed by atoms with Crippen molar-refractivity contribution in [2.24, 2.45) is 12.8 Å². The lowest BCUT2D eigenvalue weighted by Gasteiger charge is -2.31. The zero-order valence-electron chi connectivity index (χ0n) is 19.6. The molecule has 1 saturated heterocycles. The van der Waals surface area contributed by atoms with E-state index in [1.807, 2.05) is 18.4 Å². The highest BCUT2D eigenvalue weighted by molar-refractivity contribution is 5.74. The highest BCUT2D eigenvalue weighted by atomic mass is 16.2. The van der Waals surface area contributed by atoms with Gasteiger partial charge in [0.2, 0.25) is 5.95 Å². The number of piperidine rings is 1. The summed E-state index contributed by atoms with van der Waals surface area (Å²) in [6.45, 7) is 13.1. The molecule has 1 atom stereocenters. The second kappa shape index (κ2) is 9.82. The fourth-order valence-electron chi connectivity index (χ4n) is 4.22. The van der Waals surface area contributed by atoms with Gasteiger partial charge in [0, 0.05) is 45.8 Å². The van der Waals surface area contributed by atoms with E-state index in [1.54, 1.807) is 7.05 Å². The van der Waals surface area contributed by atoms with Crippen molar-refractivity contribution in [3.05, 3.63) is 32.5 Å². The molecule has 172 valence electrons. The van der Waals surface area contributed by atoms with Crippen LogP contribution in [0.2, 0.25) is 0 Å². The van der Waals surface area contributed by atoms with E-state index in [4.69, 9.17) is 10.7 Å². The van der Waals surface area contributed by atoms with Crippen LogP contribution >= 0.6 is 0 Å². The molecule has 2 N–H and O–H groups in total. The third-order valence-electron chi connectivity index (χ3n) is 6.17. The van der Waals surface area contributed by atoms with Gasteiger partial charge < -0.3 is 20.1 Å². The van der Waals surface area contributed by atoms with Gasteiger partial charge in [-0.2, -0.15) is 4.98 Å². The molecule has 9 nitrogen and oxygen atoms in total. The third-order valence-corrected chi connectivity index (χ3v) is 6.17. The number of nitrogens with zero attached hydrogens (tertiary/aromatic N) is 6. The van der Waals surface area contributed by atoms with Crippen LogP contribution in [0.1, 0.15) is 40.5 Å². The minimum Gasteiger partial charge on any atom is -0.341 e. The first kappa shape index (κ1) is 23.3. The van der Waals surface area contributed by atoms with Crippen molar-refractivity contribution < 1.29 is 0 Å². The van der Waals surface area contributed by atoms with Gasteiger partial charge in [-0.1, -0.05) is 25.5 Å². The first-order chi connectivity index (χ1) is 14.8. The summed E-state index contributed by atoms with van der Waals surface area (Å²) in [5.41, 5.74) is 7.70. The van der Waals surface area contributed by atoms with Crippen molar-refractivity contribution in [1.29, 1.82) is 0 Å². The van der Waals surface area contributed by atoms with E-state index in [-0.39, 0.29) is 17.3 Å². The molecule has 31 heavy (non-hydrogen) atoms. The van der Waals surface area contributed by atoms with Gasteiger partial charge in [0.15, 0.2) is 11.2 Å². The average molecular weight is 432 g/mol. The molecule has 0 amide bonds. The fraction of sp³-hybridized carbons (Fsp3) is 0.682. The average Bonchev–Trinajstić information content (AvgIpc) is 3.13. The Hall–Kier alpha value is -2.39. The molecule has 0 radical (unpaired) electrons. The second-order valence-electron chi connectivity index (χ2n) is 8.65. The lowest BCUT2D eigenvalue weighted by Crippen LogP contribution is -2.44. The van der Waals surface area contributed by atoms with E-state index in [0.29, 0.717) is 37.3 Å². The van der Waals surface area contributed by atoms with E-state index in [9.17, 15) is 9.59 Å². The van der Waals surface area contributed by atoms with E-state index in [0.717, 1.165) is 44.0 Å². The number of rotatable bonds is 8. The van der Waals surface area contributed by atoms with Gasteiger partial charge in [0.1, 0.15) is 0 Å². The topological polar surface area (TPSA) is 94.3 Å². The number of likely N-dealkylation sites (N-methyl/N-ethyl adjacent to an activating group) is 1. The number of fused-ring (bicyclic) bond motifs is 1. The SMILES string of the molecule is CCN(CC)CCn1c(=O)c2c(nc(N3CCCC(N)C3)n2CC=C(C)C)n(C)c1=O. The Morgan fingerprint density at radius 2 is 1.94 bits per heavy atom. The standard InChI is InChI=1S/C22H37N7O2/c1-6-26(7-2)13-14-29-20(30)18-19(25(5)22(29)31)24-21(28(18)12-10-16(3)4)27-11-8-9-17(23)15-27/h10,17H,6-9,11-15,23H2,1-5H3. The normalized spacial score (nSPS) is 17.0. The zero-order chi connectivity index (χ0) is 22.7. The monoisotopic (exact) mass is 431 g/mol. The van der Waals surface area contributed by atoms with Crippen LogP contribution in [-0.2, 0) is 20.1 Å². The van der Waals surface area contributed by atoms with Crippen LogP contribution in [0.25, 0.3) is 11.2 Å². The van der Waals surface area contributed by atoms with E-state index in [2.05, 4.69) is 29.7 Å². The summed E-state index contributed by atoms with van der Waals surface area (Å²) in [7, 11) is 1.70. The molecule has 0 bridgehead atoms. The maximum absolute atomic E-state index is 13.5. The van der Waals surface area contributed by atoms with Crippen LogP contribution in [0.15, 0.2) is 21.2 Å². The van der Waals surface area contributed by atoms with E-state index >= 15 is 0 Å². The highest BCUT2D eigenvalue weighted by Crippen LogP contribution is 2.23. The quantitative estimate of drug-likeness (QED) is 0.630. The zero-order valence-corrected chi connectivity index (χ0v) is 19.6. The number of anilines is 1. The number of imidazole rings is 1. The number of allylic oxidation sites excluding steroid dienone is 2. The fourth-order valence-corrected chi connectivity index (χ4v) is 4.22. The minimum atomic E-state index is -0.321. The third kappa shape index (κ3) is 4.77. The molecule has 0 aromatic carbocycles. The smallest absolute Gasteiger partial charge is 0.332 e. The van der Waals surface area contributed by atoms with Gasteiger partial charge in [0.25, 0.3) is 5.56 Å². The van der Waals surface area contributed by atoms with Gasteiger partial charge >= 0.3 is 5.69 Å². The summed E-state index contributed by atoms with van der Waals surface area (Å²) in [5, 5.41) is 0. The summed E-state index contributed by atoms with van der Waals surface area (Å²) in [4.78, 5) is 35.7. The van der Waals surface area contributed by atoms with Gasteiger partial charge in [0.05, 0.1) is 0 Å². The first-order valence-electron chi connectivity index (χ1n) is 11.3. The lowest BCUT2D eigenvalue weighted by molar-refractivity contribution is 0.286. The van der Waals surface area contributed by atoms with Crippen molar-refractivity contribution in [2.75, 3.05) is 37.6 Å². The lowest BCUT2D eigenvalue weighted by atomic mass is 10.1. The van der Waals surface area contributed by atoms with Crippen molar-refractivity contribution in [1.82, 2.24) is 23.6 Å². The Balaban J connectivity index is 2.18. The number of hydrogen-bond acceptors (Lipinski definition) is 6. The molecule has 2 aromatic rings. The Bertz CT molecular complexity index is 1050. The molecule has 3 heterocycles. The van der Waals surface area contributed by atoms with E-state index < -0.39 is 0 Å². The number of aromatic nitrogens is 4. The van der Waals surface area contributed by atoms with Crippen molar-refractivity contribution >= 4 is 17.1 Å². The summed E-state index contributed by atoms with van der Waals surface area (Å²) < 4.78 is 4.81. The summed E-state index contributed by atoms with van der Waals surface area (Å²) in [5.74, 6) is 0.719. The molecule has 1 aliphatic rings. The van der Waals surface area contributed by atoms with Crippen molar-refractivity contribution in [2.45, 2.75) is 59.7 Å². The van der Waals surface area contributed by atoms with Crippen LogP contribution in [0, 0.1) is 0 Å². The van der Waals surface area contributed by atoms with Gasteiger partial charge in [-0.25, -0.2) is 4.79 Å². The number of nitrogens with two attached hydrogens (primary N) is 1. The number of hydrogen-bond donors (Lipinski definition) is 1. The Labute approximate surface area is 183 Å². The molecule has 0 spiro atoms. The minimum absolute atomic E-state index is 0.0833. The maximum Gasteiger partial charge on any atom is 0.332 e. The highest BCUT2D eigenvalue weighted by Gasteiger charge is 2.26. The van der Waals surface area contributed by atoms with E-state index in [1.165, 1.54) is 9.13 Å². The predicted molar refractivity (Wildman–Crippen MR) is 126 cm³/mol. The molecule has 2 aromatic heterocycles. The summed E-state index contributed by atoms with van der Waals surface area (Å²) in [6.07, 6.45) is 4.06. The Kier molecular flexibility index (Phi) is 7.38. The molecular formula is C22H37N7O2. The van der Waals surface area contributed by atoms with Crippen molar-refractivity contribution in [3.8, 4) is 0 Å².